The molecule has 0 radical (unpaired) electrons. The quantitative estimate of drug-likeness (QED) is 0.391. The number of ether oxygens (including phenoxy) is 1. The van der Waals surface area contributed by atoms with E-state index >= 15 is 0 Å². The third-order valence-electron chi connectivity index (χ3n) is 4.66. The molecule has 1 aliphatic rings. The number of aliphatic hydroxyl groups excluding tert-OH is 1. The molecule has 2 aromatic rings. The monoisotopic (exact) mass is 415 g/mol. The number of aliphatic hydroxyl groups is 1. The van der Waals surface area contributed by atoms with Crippen LogP contribution in [0.4, 0.5) is 0 Å². The third kappa shape index (κ3) is 5.07. The molecular weight excluding hydrogens is 390 g/mol. The largest absolute Gasteiger partial charge is 0.507 e. The SMILES string of the molecule is CCCc1ccc(/C(O)=C2\CCc3nc(CC(=O)NCCOC)sc3C2=O)cn1. The van der Waals surface area contributed by atoms with Gasteiger partial charge in [-0.1, -0.05) is 13.3 Å². The van der Waals surface area contributed by atoms with Crippen molar-refractivity contribution in [3.8, 4) is 0 Å². The first-order chi connectivity index (χ1) is 14.0. The molecule has 3 rings (SSSR count). The van der Waals surface area contributed by atoms with Crippen LogP contribution in [0.3, 0.4) is 0 Å². The van der Waals surface area contributed by atoms with E-state index in [1.165, 1.54) is 11.3 Å². The maximum absolute atomic E-state index is 12.9. The van der Waals surface area contributed by atoms with Gasteiger partial charge in [0.25, 0.3) is 0 Å². The van der Waals surface area contributed by atoms with Gasteiger partial charge in [0.2, 0.25) is 11.7 Å². The Morgan fingerprint density at radius 3 is 2.86 bits per heavy atom. The number of allylic oxidation sites excluding steroid dienone is 1. The Kier molecular flexibility index (Phi) is 7.11. The summed E-state index contributed by atoms with van der Waals surface area (Å²) in [6.45, 7) is 2.96. The molecule has 0 aliphatic heterocycles. The number of nitrogens with one attached hydrogen (secondary N) is 1. The molecule has 2 aromatic heterocycles. The fraction of sp³-hybridized carbons (Fsp3) is 0.429. The first-order valence-corrected chi connectivity index (χ1v) is 10.5. The third-order valence-corrected chi connectivity index (χ3v) is 5.76. The minimum atomic E-state index is -0.218. The van der Waals surface area contributed by atoms with Crippen LogP contribution in [-0.2, 0) is 28.8 Å². The Morgan fingerprint density at radius 2 is 2.17 bits per heavy atom. The molecule has 2 heterocycles. The van der Waals surface area contributed by atoms with Crippen LogP contribution in [-0.4, -0.2) is 47.0 Å². The normalized spacial score (nSPS) is 15.2. The van der Waals surface area contributed by atoms with E-state index in [1.807, 2.05) is 6.07 Å². The average Bonchev–Trinajstić information content (AvgIpc) is 3.12. The maximum atomic E-state index is 12.9. The predicted molar refractivity (Wildman–Crippen MR) is 111 cm³/mol. The van der Waals surface area contributed by atoms with Crippen molar-refractivity contribution in [3.05, 3.63) is 50.7 Å². The summed E-state index contributed by atoms with van der Waals surface area (Å²) in [7, 11) is 1.57. The number of rotatable bonds is 8. The van der Waals surface area contributed by atoms with Crippen LogP contribution in [0.1, 0.15) is 51.4 Å². The Morgan fingerprint density at radius 1 is 1.34 bits per heavy atom. The highest BCUT2D eigenvalue weighted by Gasteiger charge is 2.29. The maximum Gasteiger partial charge on any atom is 0.226 e. The average molecular weight is 416 g/mol. The fourth-order valence-corrected chi connectivity index (χ4v) is 4.25. The van der Waals surface area contributed by atoms with Crippen molar-refractivity contribution in [2.24, 2.45) is 0 Å². The molecule has 7 nitrogen and oxygen atoms in total. The van der Waals surface area contributed by atoms with Crippen molar-refractivity contribution in [2.75, 3.05) is 20.3 Å². The lowest BCUT2D eigenvalue weighted by molar-refractivity contribution is -0.120. The van der Waals surface area contributed by atoms with E-state index in [1.54, 1.807) is 19.4 Å². The van der Waals surface area contributed by atoms with Crippen molar-refractivity contribution >= 4 is 28.8 Å². The highest BCUT2D eigenvalue weighted by molar-refractivity contribution is 7.14. The van der Waals surface area contributed by atoms with E-state index in [9.17, 15) is 14.7 Å². The minimum absolute atomic E-state index is 0.0246. The Labute approximate surface area is 173 Å². The van der Waals surface area contributed by atoms with E-state index in [-0.39, 0.29) is 23.9 Å². The van der Waals surface area contributed by atoms with Gasteiger partial charge in [0, 0.05) is 36.7 Å². The van der Waals surface area contributed by atoms with Gasteiger partial charge in [-0.25, -0.2) is 4.98 Å². The summed E-state index contributed by atoms with van der Waals surface area (Å²) in [5.74, 6) is -0.397. The zero-order chi connectivity index (χ0) is 20.8. The van der Waals surface area contributed by atoms with E-state index in [2.05, 4.69) is 22.2 Å². The molecule has 1 amide bonds. The number of aromatic nitrogens is 2. The lowest BCUT2D eigenvalue weighted by Gasteiger charge is -2.14. The van der Waals surface area contributed by atoms with Crippen LogP contribution >= 0.6 is 11.3 Å². The van der Waals surface area contributed by atoms with Crippen molar-refractivity contribution in [3.63, 3.8) is 0 Å². The number of Topliss-reactive ketones (excluding diaryl/α,β-unsaturated/α-hetero) is 1. The molecule has 8 heteroatoms. The van der Waals surface area contributed by atoms with Gasteiger partial charge in [0.05, 0.1) is 23.6 Å². The second-order valence-electron chi connectivity index (χ2n) is 6.85. The number of pyridine rings is 1. The predicted octanol–water partition coefficient (Wildman–Crippen LogP) is 2.89. The van der Waals surface area contributed by atoms with E-state index < -0.39 is 0 Å². The molecule has 29 heavy (non-hydrogen) atoms. The summed E-state index contributed by atoms with van der Waals surface area (Å²) >= 11 is 1.22. The number of carbonyl (C=O) groups is 2. The lowest BCUT2D eigenvalue weighted by Crippen LogP contribution is -2.28. The number of thiazole rings is 1. The Balaban J connectivity index is 1.75. The standard InChI is InChI=1S/C21H25N3O4S/c1-3-4-14-6-5-13(12-23-14)19(26)15-7-8-16-21(20(15)27)29-18(24-16)11-17(25)22-9-10-28-2/h5-6,12,26H,3-4,7-11H2,1-2H3,(H,22,25)/b19-15-. The van der Waals surface area contributed by atoms with Gasteiger partial charge >= 0.3 is 0 Å². The molecule has 0 spiro atoms. The number of fused-ring (bicyclic) bond motifs is 1. The van der Waals surface area contributed by atoms with Gasteiger partial charge in [-0.05, 0) is 31.4 Å². The summed E-state index contributed by atoms with van der Waals surface area (Å²) in [5, 5.41) is 14.0. The first kappa shape index (κ1) is 21.1. The van der Waals surface area contributed by atoms with Crippen molar-refractivity contribution in [1.29, 1.82) is 0 Å². The molecular formula is C21H25N3O4S. The van der Waals surface area contributed by atoms with Crippen LogP contribution in [0, 0.1) is 0 Å². The van der Waals surface area contributed by atoms with Gasteiger partial charge in [-0.15, -0.1) is 11.3 Å². The molecule has 0 saturated heterocycles. The number of methoxy groups -OCH3 is 1. The van der Waals surface area contributed by atoms with Crippen LogP contribution in [0.5, 0.6) is 0 Å². The minimum Gasteiger partial charge on any atom is -0.507 e. The number of carbonyl (C=O) groups excluding carboxylic acids is 2. The first-order valence-electron chi connectivity index (χ1n) is 9.69. The Bertz CT molecular complexity index is 919. The van der Waals surface area contributed by atoms with E-state index in [0.29, 0.717) is 52.7 Å². The van der Waals surface area contributed by atoms with Crippen LogP contribution in [0.2, 0.25) is 0 Å². The van der Waals surface area contributed by atoms with Crippen LogP contribution in [0.25, 0.3) is 5.76 Å². The number of aryl methyl sites for hydroxylation is 2. The van der Waals surface area contributed by atoms with Crippen molar-refractivity contribution in [1.82, 2.24) is 15.3 Å². The molecule has 0 fully saturated rings. The van der Waals surface area contributed by atoms with Gasteiger partial charge in [0.1, 0.15) is 10.8 Å². The zero-order valence-electron chi connectivity index (χ0n) is 16.7. The van der Waals surface area contributed by atoms with Gasteiger partial charge < -0.3 is 15.2 Å². The molecule has 0 unspecified atom stereocenters. The molecule has 0 aromatic carbocycles. The molecule has 0 bridgehead atoms. The summed E-state index contributed by atoms with van der Waals surface area (Å²) in [6.07, 6.45) is 4.59. The highest BCUT2D eigenvalue weighted by atomic mass is 32.1. The summed E-state index contributed by atoms with van der Waals surface area (Å²) in [5.41, 5.74) is 2.58. The topological polar surface area (TPSA) is 101 Å². The highest BCUT2D eigenvalue weighted by Crippen LogP contribution is 2.33. The van der Waals surface area contributed by atoms with Gasteiger partial charge in [-0.2, -0.15) is 0 Å². The number of nitrogens with zero attached hydrogens (tertiary/aromatic N) is 2. The number of hydrogen-bond donors (Lipinski definition) is 2. The molecule has 154 valence electrons. The number of ketones is 1. The summed E-state index contributed by atoms with van der Waals surface area (Å²) in [4.78, 5) is 34.2. The van der Waals surface area contributed by atoms with Gasteiger partial charge in [-0.3, -0.25) is 14.6 Å². The Hall–Kier alpha value is -2.58. The lowest BCUT2D eigenvalue weighted by atomic mass is 9.93. The summed E-state index contributed by atoms with van der Waals surface area (Å²) < 4.78 is 4.91. The van der Waals surface area contributed by atoms with Crippen molar-refractivity contribution < 1.29 is 19.4 Å². The molecule has 2 N–H and O–H groups in total. The second-order valence-corrected chi connectivity index (χ2v) is 7.93. The molecule has 0 atom stereocenters. The van der Waals surface area contributed by atoms with E-state index in [4.69, 9.17) is 4.74 Å². The smallest absolute Gasteiger partial charge is 0.226 e. The van der Waals surface area contributed by atoms with Crippen LogP contribution in [0.15, 0.2) is 23.9 Å². The van der Waals surface area contributed by atoms with E-state index in [0.717, 1.165) is 18.5 Å². The fourth-order valence-electron chi connectivity index (χ4n) is 3.18. The zero-order valence-corrected chi connectivity index (χ0v) is 17.5. The molecule has 1 aliphatic carbocycles. The van der Waals surface area contributed by atoms with Crippen LogP contribution < -0.4 is 5.32 Å². The van der Waals surface area contributed by atoms with Gasteiger partial charge in [0.15, 0.2) is 0 Å². The molecule has 0 saturated carbocycles. The van der Waals surface area contributed by atoms with Crippen molar-refractivity contribution in [2.45, 2.75) is 39.0 Å². The second kappa shape index (κ2) is 9.76. The number of amides is 1. The number of hydrogen-bond acceptors (Lipinski definition) is 7. The summed E-state index contributed by atoms with van der Waals surface area (Å²) in [6, 6.07) is 3.67.